The van der Waals surface area contributed by atoms with Gasteiger partial charge in [-0.15, -0.1) is 0 Å². The zero-order chi connectivity index (χ0) is 21.4. The van der Waals surface area contributed by atoms with E-state index in [0.29, 0.717) is 28.2 Å². The van der Waals surface area contributed by atoms with Gasteiger partial charge in [0.2, 0.25) is 0 Å². The third kappa shape index (κ3) is 2.79. The number of fused-ring (bicyclic) bond motifs is 2. The number of nitrogens with zero attached hydrogens (tertiary/aromatic N) is 6. The van der Waals surface area contributed by atoms with Crippen LogP contribution in [0.5, 0.6) is 0 Å². The van der Waals surface area contributed by atoms with Gasteiger partial charge in [0.05, 0.1) is 29.4 Å². The molecule has 3 aromatic heterocycles. The first-order valence-corrected chi connectivity index (χ1v) is 11.3. The van der Waals surface area contributed by atoms with E-state index in [1.807, 2.05) is 35.4 Å². The second-order valence-corrected chi connectivity index (χ2v) is 10.9. The Morgan fingerprint density at radius 3 is 2.58 bits per heavy atom. The van der Waals surface area contributed by atoms with Crippen molar-refractivity contribution in [1.82, 2.24) is 19.7 Å². The Balaban J connectivity index is 0.000000223. The molecule has 4 heterocycles. The highest BCUT2D eigenvalue weighted by molar-refractivity contribution is 5.79. The molecular formula is C25H28N6. The van der Waals surface area contributed by atoms with Gasteiger partial charge < -0.3 is 4.90 Å². The molecule has 0 aromatic carbocycles. The second kappa shape index (κ2) is 6.06. The highest BCUT2D eigenvalue weighted by Gasteiger charge is 2.71. The van der Waals surface area contributed by atoms with Crippen molar-refractivity contribution in [3.05, 3.63) is 43.0 Å². The summed E-state index contributed by atoms with van der Waals surface area (Å²) in [5.74, 6) is 1.53. The van der Waals surface area contributed by atoms with Crippen molar-refractivity contribution in [2.45, 2.75) is 52.5 Å². The normalized spacial score (nSPS) is 28.8. The predicted octanol–water partition coefficient (Wildman–Crippen LogP) is 4.75. The molecule has 3 aromatic rings. The number of hydrogen-bond acceptors (Lipinski definition) is 5. The van der Waals surface area contributed by atoms with Gasteiger partial charge in [-0.2, -0.15) is 10.4 Å². The molecule has 3 saturated carbocycles. The van der Waals surface area contributed by atoms with Gasteiger partial charge in [0.15, 0.2) is 0 Å². The number of aromatic nitrogens is 4. The number of pyridine rings is 2. The number of nitriles is 1. The van der Waals surface area contributed by atoms with Gasteiger partial charge in [-0.05, 0) is 48.6 Å². The summed E-state index contributed by atoms with van der Waals surface area (Å²) in [6.07, 6.45) is 12.6. The number of hydrogen-bond donors (Lipinski definition) is 0. The Morgan fingerprint density at radius 1 is 1.13 bits per heavy atom. The summed E-state index contributed by atoms with van der Waals surface area (Å²) in [7, 11) is 0. The van der Waals surface area contributed by atoms with Crippen LogP contribution in [-0.4, -0.2) is 32.3 Å². The fourth-order valence-electron chi connectivity index (χ4n) is 5.47. The van der Waals surface area contributed by atoms with Gasteiger partial charge in [-0.1, -0.05) is 20.8 Å². The monoisotopic (exact) mass is 412 g/mol. The maximum Gasteiger partial charge on any atom is 0.130 e. The van der Waals surface area contributed by atoms with Gasteiger partial charge in [0.1, 0.15) is 5.82 Å². The lowest BCUT2D eigenvalue weighted by molar-refractivity contribution is 0.166. The van der Waals surface area contributed by atoms with Crippen LogP contribution < -0.4 is 4.90 Å². The number of anilines is 1. The molecule has 7 rings (SSSR count). The first-order valence-electron chi connectivity index (χ1n) is 11.3. The molecule has 3 atom stereocenters. The van der Waals surface area contributed by atoms with Crippen molar-refractivity contribution >= 4 is 16.7 Å². The molecule has 4 aliphatic rings. The topological polar surface area (TPSA) is 70.6 Å². The highest BCUT2D eigenvalue weighted by Crippen LogP contribution is 2.70. The van der Waals surface area contributed by atoms with E-state index in [-0.39, 0.29) is 0 Å². The van der Waals surface area contributed by atoms with E-state index < -0.39 is 0 Å². The maximum atomic E-state index is 8.33. The van der Waals surface area contributed by atoms with E-state index in [1.165, 1.54) is 25.7 Å². The van der Waals surface area contributed by atoms with Crippen LogP contribution in [0.1, 0.15) is 46.5 Å². The summed E-state index contributed by atoms with van der Waals surface area (Å²) in [4.78, 5) is 11.2. The molecule has 0 amide bonds. The van der Waals surface area contributed by atoms with Crippen molar-refractivity contribution in [3.8, 4) is 11.8 Å². The molecular weight excluding hydrogens is 384 g/mol. The summed E-state index contributed by atoms with van der Waals surface area (Å²) < 4.78 is 1.96. The summed E-state index contributed by atoms with van der Waals surface area (Å²) in [5, 5.41) is 13.9. The van der Waals surface area contributed by atoms with Crippen molar-refractivity contribution in [2.75, 3.05) is 11.4 Å². The summed E-state index contributed by atoms with van der Waals surface area (Å²) in [6.45, 7) is 8.19. The molecule has 6 heteroatoms. The quantitative estimate of drug-likeness (QED) is 0.607. The molecule has 1 saturated heterocycles. The summed E-state index contributed by atoms with van der Waals surface area (Å²) >= 11 is 0. The average Bonchev–Trinajstić information content (AvgIpc) is 3.70. The molecule has 31 heavy (non-hydrogen) atoms. The van der Waals surface area contributed by atoms with Crippen LogP contribution in [-0.2, 0) is 0 Å². The minimum Gasteiger partial charge on any atom is -0.352 e. The molecule has 158 valence electrons. The van der Waals surface area contributed by atoms with Crippen LogP contribution in [0.3, 0.4) is 0 Å². The van der Waals surface area contributed by atoms with E-state index >= 15 is 0 Å². The second-order valence-electron chi connectivity index (χ2n) is 10.9. The van der Waals surface area contributed by atoms with Gasteiger partial charge in [-0.3, -0.25) is 4.98 Å². The van der Waals surface area contributed by atoms with Crippen molar-refractivity contribution < 1.29 is 0 Å². The third-order valence-electron chi connectivity index (χ3n) is 8.23. The van der Waals surface area contributed by atoms with Gasteiger partial charge >= 0.3 is 0 Å². The number of rotatable bonds is 2. The van der Waals surface area contributed by atoms with Crippen molar-refractivity contribution in [1.29, 1.82) is 5.26 Å². The molecule has 4 fully saturated rings. The van der Waals surface area contributed by atoms with E-state index in [1.54, 1.807) is 6.20 Å². The Morgan fingerprint density at radius 2 is 1.97 bits per heavy atom. The van der Waals surface area contributed by atoms with Gasteiger partial charge in [0.25, 0.3) is 0 Å². The molecule has 0 radical (unpaired) electrons. The van der Waals surface area contributed by atoms with E-state index in [9.17, 15) is 0 Å². The van der Waals surface area contributed by atoms with Crippen molar-refractivity contribution in [2.24, 2.45) is 22.2 Å². The minimum atomic E-state index is 0.372. The molecule has 1 spiro atoms. The Hall–Kier alpha value is -2.94. The van der Waals surface area contributed by atoms with Crippen LogP contribution in [0.25, 0.3) is 16.6 Å². The van der Waals surface area contributed by atoms with Crippen LogP contribution in [0.15, 0.2) is 43.0 Å². The van der Waals surface area contributed by atoms with E-state index in [0.717, 1.165) is 29.0 Å². The highest BCUT2D eigenvalue weighted by atomic mass is 15.4. The van der Waals surface area contributed by atoms with Gasteiger partial charge in [-0.25, -0.2) is 9.67 Å². The zero-order valence-corrected chi connectivity index (χ0v) is 18.4. The van der Waals surface area contributed by atoms with Crippen LogP contribution in [0, 0.1) is 33.5 Å². The standard InChI is InChI=1S/C19H21N5.C6H7N/c1-18(2,3)19-9-16(19)23(12-19)17-8-14(4-7-21-17)24-15-5-6-20-10-13(15)11-22-24;7-4-5-3-6(5)1-2-6/h4-8,10-11,16H,9,12H2,1-3H3;5H,1-3H2. The van der Waals surface area contributed by atoms with Crippen LogP contribution >= 0.6 is 0 Å². The van der Waals surface area contributed by atoms with Crippen LogP contribution in [0.4, 0.5) is 5.82 Å². The lowest BCUT2D eigenvalue weighted by Crippen LogP contribution is -2.52. The fraction of sp³-hybridized carbons (Fsp3) is 0.520. The maximum absolute atomic E-state index is 8.33. The summed E-state index contributed by atoms with van der Waals surface area (Å²) in [6, 6.07) is 9.11. The van der Waals surface area contributed by atoms with E-state index in [4.69, 9.17) is 5.26 Å². The molecule has 1 aliphatic heterocycles. The molecule has 6 nitrogen and oxygen atoms in total. The fourth-order valence-corrected chi connectivity index (χ4v) is 5.47. The molecule has 0 N–H and O–H groups in total. The summed E-state index contributed by atoms with van der Waals surface area (Å²) in [5.41, 5.74) is 3.59. The Bertz CT molecular complexity index is 1210. The molecule has 3 aliphatic carbocycles. The van der Waals surface area contributed by atoms with E-state index in [2.05, 4.69) is 52.9 Å². The molecule has 3 unspecified atom stereocenters. The van der Waals surface area contributed by atoms with Crippen molar-refractivity contribution in [3.63, 3.8) is 0 Å². The van der Waals surface area contributed by atoms with Gasteiger partial charge in [0, 0.05) is 48.0 Å². The first kappa shape index (κ1) is 18.8. The SMILES string of the molecule is CC(C)(C)C12CC1N(c1cc(-n3ncc4cnccc43)ccn1)C2.N#CC1CC12CC2. The predicted molar refractivity (Wildman–Crippen MR) is 120 cm³/mol. The Labute approximate surface area is 182 Å². The molecule has 0 bridgehead atoms. The smallest absolute Gasteiger partial charge is 0.130 e. The lowest BCUT2D eigenvalue weighted by atomic mass is 9.73. The Kier molecular flexibility index (Phi) is 3.68. The largest absolute Gasteiger partial charge is 0.352 e. The lowest BCUT2D eigenvalue weighted by Gasteiger charge is -2.46. The average molecular weight is 413 g/mol. The van der Waals surface area contributed by atoms with Crippen LogP contribution in [0.2, 0.25) is 0 Å². The first-order chi connectivity index (χ1) is 14.9. The minimum absolute atomic E-state index is 0.372. The zero-order valence-electron chi connectivity index (χ0n) is 18.4. The third-order valence-corrected chi connectivity index (χ3v) is 8.23.